The van der Waals surface area contributed by atoms with Gasteiger partial charge < -0.3 is 9.47 Å². The largest absolute Gasteiger partial charge is 0.310 e. The highest BCUT2D eigenvalue weighted by molar-refractivity contribution is 6.11. The van der Waals surface area contributed by atoms with E-state index in [1.54, 1.807) is 0 Å². The molecular formula is C51H38N2. The van der Waals surface area contributed by atoms with Gasteiger partial charge in [0.25, 0.3) is 0 Å². The maximum absolute atomic E-state index is 2.45. The van der Waals surface area contributed by atoms with Gasteiger partial charge in [0, 0.05) is 38.9 Å². The molecule has 0 fully saturated rings. The Morgan fingerprint density at radius 1 is 0.377 bits per heavy atom. The molecule has 1 aliphatic carbocycles. The van der Waals surface area contributed by atoms with Crippen LogP contribution in [-0.2, 0) is 5.41 Å². The molecule has 0 atom stereocenters. The molecule has 0 amide bonds. The van der Waals surface area contributed by atoms with Crippen molar-refractivity contribution in [1.82, 2.24) is 4.57 Å². The van der Waals surface area contributed by atoms with Gasteiger partial charge in [-0.25, -0.2) is 0 Å². The van der Waals surface area contributed by atoms with Gasteiger partial charge in [0.05, 0.1) is 11.0 Å². The highest BCUT2D eigenvalue weighted by Crippen LogP contribution is 2.51. The summed E-state index contributed by atoms with van der Waals surface area (Å²) in [5.41, 5.74) is 17.2. The quantitative estimate of drug-likeness (QED) is 0.170. The zero-order valence-electron chi connectivity index (χ0n) is 29.9. The Balaban J connectivity index is 1.02. The first kappa shape index (κ1) is 31.1. The van der Waals surface area contributed by atoms with E-state index in [1.807, 2.05) is 0 Å². The lowest BCUT2D eigenvalue weighted by Crippen LogP contribution is -2.14. The summed E-state index contributed by atoms with van der Waals surface area (Å²) in [5.74, 6) is 0. The average Bonchev–Trinajstić information content (AvgIpc) is 3.66. The van der Waals surface area contributed by atoms with E-state index < -0.39 is 0 Å². The van der Waals surface area contributed by atoms with Crippen molar-refractivity contribution >= 4 is 38.9 Å². The Morgan fingerprint density at radius 3 is 1.70 bits per heavy atom. The zero-order chi connectivity index (χ0) is 35.5. The second-order valence-corrected chi connectivity index (χ2v) is 14.6. The van der Waals surface area contributed by atoms with E-state index in [4.69, 9.17) is 0 Å². The van der Waals surface area contributed by atoms with Crippen LogP contribution in [0.4, 0.5) is 17.1 Å². The van der Waals surface area contributed by atoms with Gasteiger partial charge in [0.15, 0.2) is 0 Å². The summed E-state index contributed by atoms with van der Waals surface area (Å²) < 4.78 is 2.45. The lowest BCUT2D eigenvalue weighted by Gasteiger charge is -2.26. The van der Waals surface area contributed by atoms with Gasteiger partial charge in [-0.2, -0.15) is 0 Å². The summed E-state index contributed by atoms with van der Waals surface area (Å²) in [6, 6.07) is 70.6. The van der Waals surface area contributed by atoms with E-state index in [2.05, 4.69) is 217 Å². The Hall–Kier alpha value is -6.64. The van der Waals surface area contributed by atoms with Gasteiger partial charge in [-0.15, -0.1) is 0 Å². The lowest BCUT2D eigenvalue weighted by molar-refractivity contribution is 0.661. The second-order valence-electron chi connectivity index (χ2n) is 14.6. The van der Waals surface area contributed by atoms with Gasteiger partial charge in [0.2, 0.25) is 0 Å². The smallest absolute Gasteiger partial charge is 0.0544 e. The van der Waals surface area contributed by atoms with Crippen molar-refractivity contribution in [1.29, 1.82) is 0 Å². The van der Waals surface area contributed by atoms with Crippen molar-refractivity contribution in [2.45, 2.75) is 19.3 Å². The first-order valence-corrected chi connectivity index (χ1v) is 18.4. The molecule has 2 nitrogen and oxygen atoms in total. The van der Waals surface area contributed by atoms with E-state index in [1.165, 1.54) is 72.0 Å². The van der Waals surface area contributed by atoms with Crippen LogP contribution < -0.4 is 4.90 Å². The second kappa shape index (κ2) is 12.3. The minimum absolute atomic E-state index is 0.0584. The molecule has 0 saturated heterocycles. The summed E-state index contributed by atoms with van der Waals surface area (Å²) in [7, 11) is 0. The molecule has 0 saturated carbocycles. The average molecular weight is 679 g/mol. The number of hydrogen-bond donors (Lipinski definition) is 0. The SMILES string of the molecule is CC1(C)c2ccccc2-c2cc3c4ccccc4n(-c4ccc(-c5cccc(-c6cccc(N(c7ccccc7)c7ccccc7)c6)c5)cc4)c3cc21. The van der Waals surface area contributed by atoms with Gasteiger partial charge >= 0.3 is 0 Å². The van der Waals surface area contributed by atoms with E-state index in [0.29, 0.717) is 0 Å². The summed E-state index contributed by atoms with van der Waals surface area (Å²) in [4.78, 5) is 2.31. The minimum Gasteiger partial charge on any atom is -0.310 e. The Kier molecular flexibility index (Phi) is 7.19. The van der Waals surface area contributed by atoms with Crippen LogP contribution in [0.1, 0.15) is 25.0 Å². The number of rotatable bonds is 6. The molecule has 10 rings (SSSR count). The third-order valence-corrected chi connectivity index (χ3v) is 11.2. The number of para-hydroxylation sites is 3. The Bertz CT molecular complexity index is 2750. The molecule has 1 aliphatic rings. The number of nitrogens with zero attached hydrogens (tertiary/aromatic N) is 2. The summed E-state index contributed by atoms with van der Waals surface area (Å²) >= 11 is 0. The summed E-state index contributed by atoms with van der Waals surface area (Å²) in [5, 5.41) is 2.58. The molecule has 0 radical (unpaired) electrons. The first-order chi connectivity index (χ1) is 26.0. The maximum Gasteiger partial charge on any atom is 0.0544 e. The van der Waals surface area contributed by atoms with Crippen molar-refractivity contribution < 1.29 is 0 Å². The predicted molar refractivity (Wildman–Crippen MR) is 224 cm³/mol. The van der Waals surface area contributed by atoms with Crippen LogP contribution >= 0.6 is 0 Å². The molecule has 1 aromatic heterocycles. The predicted octanol–water partition coefficient (Wildman–Crippen LogP) is 13.9. The van der Waals surface area contributed by atoms with Crippen LogP contribution in [0.25, 0.3) is 60.9 Å². The van der Waals surface area contributed by atoms with Crippen LogP contribution in [0.5, 0.6) is 0 Å². The van der Waals surface area contributed by atoms with Crippen LogP contribution in [0.15, 0.2) is 194 Å². The number of anilines is 3. The summed E-state index contributed by atoms with van der Waals surface area (Å²) in [6.45, 7) is 4.72. The highest BCUT2D eigenvalue weighted by Gasteiger charge is 2.36. The normalized spacial score (nSPS) is 12.9. The topological polar surface area (TPSA) is 8.17 Å². The van der Waals surface area contributed by atoms with Crippen molar-refractivity contribution in [2.24, 2.45) is 0 Å². The molecule has 8 aromatic carbocycles. The van der Waals surface area contributed by atoms with E-state index >= 15 is 0 Å². The number of hydrogen-bond acceptors (Lipinski definition) is 1. The molecule has 53 heavy (non-hydrogen) atoms. The fourth-order valence-corrected chi connectivity index (χ4v) is 8.55. The van der Waals surface area contributed by atoms with Gasteiger partial charge in [-0.3, -0.25) is 0 Å². The monoisotopic (exact) mass is 678 g/mol. The van der Waals surface area contributed by atoms with Crippen molar-refractivity contribution in [2.75, 3.05) is 4.90 Å². The van der Waals surface area contributed by atoms with Gasteiger partial charge in [-0.1, -0.05) is 135 Å². The molecule has 0 bridgehead atoms. The Labute approximate surface area is 310 Å². The highest BCUT2D eigenvalue weighted by atomic mass is 15.1. The fraction of sp³-hybridized carbons (Fsp3) is 0.0588. The Morgan fingerprint density at radius 2 is 0.962 bits per heavy atom. The van der Waals surface area contributed by atoms with Crippen molar-refractivity contribution in [3.8, 4) is 39.1 Å². The molecule has 0 spiro atoms. The molecule has 9 aromatic rings. The number of benzene rings is 8. The van der Waals surface area contributed by atoms with E-state index in [0.717, 1.165) is 17.1 Å². The third-order valence-electron chi connectivity index (χ3n) is 11.2. The van der Waals surface area contributed by atoms with E-state index in [-0.39, 0.29) is 5.41 Å². The zero-order valence-corrected chi connectivity index (χ0v) is 29.9. The first-order valence-electron chi connectivity index (χ1n) is 18.4. The standard InChI is InChI=1S/C51H38N2/c1-51(2)47-25-11-9-23-43(47)45-33-46-44-24-10-12-26-49(44)53(50(46)34-48(45)51)41-29-27-35(28-30-41)36-15-13-16-37(31-36)38-17-14-22-42(32-38)52(39-18-5-3-6-19-39)40-20-7-4-8-21-40/h3-34H,1-2H3. The lowest BCUT2D eigenvalue weighted by atomic mass is 9.82. The molecule has 1 heterocycles. The van der Waals surface area contributed by atoms with Gasteiger partial charge in [-0.05, 0) is 117 Å². The van der Waals surface area contributed by atoms with Crippen LogP contribution in [0, 0.1) is 0 Å². The third kappa shape index (κ3) is 5.10. The number of aromatic nitrogens is 1. The number of fused-ring (bicyclic) bond motifs is 6. The molecule has 2 heteroatoms. The maximum atomic E-state index is 2.45. The van der Waals surface area contributed by atoms with Gasteiger partial charge in [0.1, 0.15) is 0 Å². The van der Waals surface area contributed by atoms with Crippen molar-refractivity contribution in [3.63, 3.8) is 0 Å². The molecule has 252 valence electrons. The van der Waals surface area contributed by atoms with E-state index in [9.17, 15) is 0 Å². The van der Waals surface area contributed by atoms with Crippen LogP contribution in [0.2, 0.25) is 0 Å². The molecule has 0 unspecified atom stereocenters. The minimum atomic E-state index is -0.0584. The van der Waals surface area contributed by atoms with Crippen LogP contribution in [-0.4, -0.2) is 4.57 Å². The molecule has 0 aliphatic heterocycles. The summed E-state index contributed by atoms with van der Waals surface area (Å²) in [6.07, 6.45) is 0. The molecular weight excluding hydrogens is 641 g/mol. The fourth-order valence-electron chi connectivity index (χ4n) is 8.55. The van der Waals surface area contributed by atoms with Crippen LogP contribution in [0.3, 0.4) is 0 Å². The molecule has 0 N–H and O–H groups in total. The van der Waals surface area contributed by atoms with Crippen molar-refractivity contribution in [3.05, 3.63) is 205 Å².